The highest BCUT2D eigenvalue weighted by Crippen LogP contribution is 2.30. The van der Waals surface area contributed by atoms with Crippen LogP contribution in [0.2, 0.25) is 0 Å². The summed E-state index contributed by atoms with van der Waals surface area (Å²) in [5, 5.41) is 9.19. The number of aliphatic hydroxyl groups excluding tert-OH is 1. The van der Waals surface area contributed by atoms with E-state index in [2.05, 4.69) is 4.74 Å². The molecule has 1 heterocycles. The Morgan fingerprint density at radius 1 is 1.48 bits per heavy atom. The molecule has 0 saturated carbocycles. The van der Waals surface area contributed by atoms with E-state index in [0.717, 1.165) is 18.6 Å². The summed E-state index contributed by atoms with van der Waals surface area (Å²) in [6.07, 6.45) is -3.36. The van der Waals surface area contributed by atoms with E-state index in [-0.39, 0.29) is 29.8 Å². The number of amides is 1. The number of aliphatic hydroxyl groups is 1. The van der Waals surface area contributed by atoms with Gasteiger partial charge in [0.1, 0.15) is 0 Å². The first-order valence-electron chi connectivity index (χ1n) is 6.39. The van der Waals surface area contributed by atoms with Gasteiger partial charge in [-0.1, -0.05) is 0 Å². The van der Waals surface area contributed by atoms with Crippen LogP contribution in [0.4, 0.5) is 18.9 Å². The summed E-state index contributed by atoms with van der Waals surface area (Å²) in [4.78, 5) is 13.8. The van der Waals surface area contributed by atoms with Crippen molar-refractivity contribution in [1.82, 2.24) is 4.90 Å². The van der Waals surface area contributed by atoms with Gasteiger partial charge >= 0.3 is 6.36 Å². The van der Waals surface area contributed by atoms with E-state index in [9.17, 15) is 23.1 Å². The normalized spacial score (nSPS) is 18.9. The summed E-state index contributed by atoms with van der Waals surface area (Å²) in [7, 11) is 0. The fourth-order valence-electron chi connectivity index (χ4n) is 2.36. The third-order valence-electron chi connectivity index (χ3n) is 3.33. The van der Waals surface area contributed by atoms with Gasteiger partial charge < -0.3 is 20.5 Å². The van der Waals surface area contributed by atoms with E-state index < -0.39 is 12.1 Å². The molecule has 0 aromatic heterocycles. The lowest BCUT2D eigenvalue weighted by Crippen LogP contribution is -2.37. The molecule has 1 atom stereocenters. The molecule has 0 unspecified atom stereocenters. The van der Waals surface area contributed by atoms with Gasteiger partial charge in [-0.05, 0) is 31.0 Å². The highest BCUT2D eigenvalue weighted by atomic mass is 19.4. The zero-order valence-corrected chi connectivity index (χ0v) is 11.1. The summed E-state index contributed by atoms with van der Waals surface area (Å²) in [5.41, 5.74) is 5.39. The Morgan fingerprint density at radius 2 is 2.19 bits per heavy atom. The van der Waals surface area contributed by atoms with Gasteiger partial charge in [-0.25, -0.2) is 0 Å². The molecule has 1 aromatic rings. The number of halogens is 3. The molecule has 1 aliphatic heterocycles. The van der Waals surface area contributed by atoms with Crippen LogP contribution in [0.25, 0.3) is 0 Å². The molecule has 0 bridgehead atoms. The number of hydrogen-bond acceptors (Lipinski definition) is 4. The van der Waals surface area contributed by atoms with Crippen LogP contribution >= 0.6 is 0 Å². The van der Waals surface area contributed by atoms with Crippen LogP contribution in [-0.4, -0.2) is 41.5 Å². The molecule has 21 heavy (non-hydrogen) atoms. The molecule has 116 valence electrons. The lowest BCUT2D eigenvalue weighted by molar-refractivity contribution is -0.274. The maximum atomic E-state index is 12.3. The van der Waals surface area contributed by atoms with E-state index in [1.165, 1.54) is 11.0 Å². The van der Waals surface area contributed by atoms with Crippen LogP contribution in [0.1, 0.15) is 23.2 Å². The molecule has 1 aromatic carbocycles. The first kappa shape index (κ1) is 15.4. The van der Waals surface area contributed by atoms with Crippen LogP contribution in [0.5, 0.6) is 5.75 Å². The Balaban J connectivity index is 2.18. The van der Waals surface area contributed by atoms with Crippen molar-refractivity contribution in [3.8, 4) is 5.75 Å². The van der Waals surface area contributed by atoms with Gasteiger partial charge in [-0.2, -0.15) is 0 Å². The van der Waals surface area contributed by atoms with Crippen molar-refractivity contribution in [3.63, 3.8) is 0 Å². The summed E-state index contributed by atoms with van der Waals surface area (Å²) < 4.78 is 40.2. The highest BCUT2D eigenvalue weighted by Gasteiger charge is 2.33. The first-order valence-corrected chi connectivity index (χ1v) is 6.39. The van der Waals surface area contributed by atoms with E-state index in [0.29, 0.717) is 13.0 Å². The minimum Gasteiger partial charge on any atom is -0.404 e. The van der Waals surface area contributed by atoms with Gasteiger partial charge in [0, 0.05) is 12.1 Å². The minimum absolute atomic E-state index is 0.142. The van der Waals surface area contributed by atoms with Crippen molar-refractivity contribution in [3.05, 3.63) is 23.8 Å². The van der Waals surface area contributed by atoms with Gasteiger partial charge in [-0.15, -0.1) is 13.2 Å². The van der Waals surface area contributed by atoms with Crippen LogP contribution < -0.4 is 10.5 Å². The molecule has 0 radical (unpaired) electrons. The minimum atomic E-state index is -4.84. The molecule has 1 aliphatic rings. The van der Waals surface area contributed by atoms with E-state index in [1.54, 1.807) is 0 Å². The number of benzene rings is 1. The Hall–Kier alpha value is -1.96. The zero-order chi connectivity index (χ0) is 15.6. The third kappa shape index (κ3) is 3.57. The molecule has 1 amide bonds. The molecule has 1 saturated heterocycles. The van der Waals surface area contributed by atoms with E-state index >= 15 is 0 Å². The van der Waals surface area contributed by atoms with E-state index in [4.69, 9.17) is 5.73 Å². The predicted octanol–water partition coefficient (Wildman–Crippen LogP) is 1.76. The number of likely N-dealkylation sites (tertiary alicyclic amines) is 1. The maximum absolute atomic E-state index is 12.3. The predicted molar refractivity (Wildman–Crippen MR) is 68.7 cm³/mol. The van der Waals surface area contributed by atoms with Crippen molar-refractivity contribution in [2.24, 2.45) is 0 Å². The van der Waals surface area contributed by atoms with Gasteiger partial charge in [-0.3, -0.25) is 4.79 Å². The zero-order valence-electron chi connectivity index (χ0n) is 11.1. The monoisotopic (exact) mass is 304 g/mol. The summed E-state index contributed by atoms with van der Waals surface area (Å²) in [6.45, 7) is 0.362. The molecule has 3 N–H and O–H groups in total. The van der Waals surface area contributed by atoms with Crippen LogP contribution in [-0.2, 0) is 0 Å². The Bertz CT molecular complexity index is 534. The first-order chi connectivity index (χ1) is 9.81. The van der Waals surface area contributed by atoms with Crippen molar-refractivity contribution in [2.45, 2.75) is 25.2 Å². The number of nitrogen functional groups attached to an aromatic ring is 1. The van der Waals surface area contributed by atoms with Crippen LogP contribution in [0.3, 0.4) is 0 Å². The summed E-state index contributed by atoms with van der Waals surface area (Å²) in [5.74, 6) is -0.906. The number of ether oxygens (including phenoxy) is 1. The number of nitrogens with zero attached hydrogens (tertiary/aromatic N) is 1. The fraction of sp³-hybridized carbons (Fsp3) is 0.462. The number of alkyl halides is 3. The SMILES string of the molecule is Nc1cc(C(=O)N2CCC[C@H]2CO)ccc1OC(F)(F)F. The average Bonchev–Trinajstić information content (AvgIpc) is 2.87. The Labute approximate surface area is 119 Å². The standard InChI is InChI=1S/C13H15F3N2O3/c14-13(15,16)21-11-4-3-8(6-10(11)17)12(20)18-5-1-2-9(18)7-19/h3-4,6,9,19H,1-2,5,7,17H2/t9-/m0/s1. The number of carbonyl (C=O) groups is 1. The maximum Gasteiger partial charge on any atom is 0.573 e. The second-order valence-electron chi connectivity index (χ2n) is 4.78. The Morgan fingerprint density at radius 3 is 2.76 bits per heavy atom. The third-order valence-corrected chi connectivity index (χ3v) is 3.33. The summed E-state index contributed by atoms with van der Waals surface area (Å²) in [6, 6.07) is 3.13. The Kier molecular flexibility index (Phi) is 4.26. The molecule has 0 aliphatic carbocycles. The van der Waals surface area contributed by atoms with Gasteiger partial charge in [0.05, 0.1) is 18.3 Å². The van der Waals surface area contributed by atoms with Crippen molar-refractivity contribution in [1.29, 1.82) is 0 Å². The van der Waals surface area contributed by atoms with Gasteiger partial charge in [0.25, 0.3) is 5.91 Å². The molecule has 8 heteroatoms. The quantitative estimate of drug-likeness (QED) is 0.834. The smallest absolute Gasteiger partial charge is 0.404 e. The molecule has 0 spiro atoms. The number of hydrogen-bond donors (Lipinski definition) is 2. The highest BCUT2D eigenvalue weighted by molar-refractivity contribution is 5.95. The summed E-state index contributed by atoms with van der Waals surface area (Å²) >= 11 is 0. The number of anilines is 1. The topological polar surface area (TPSA) is 75.8 Å². The number of carbonyl (C=O) groups excluding carboxylic acids is 1. The van der Waals surface area contributed by atoms with Crippen LogP contribution in [0, 0.1) is 0 Å². The number of nitrogens with two attached hydrogens (primary N) is 1. The largest absolute Gasteiger partial charge is 0.573 e. The molecule has 5 nitrogen and oxygen atoms in total. The second kappa shape index (κ2) is 5.80. The van der Waals surface area contributed by atoms with Crippen molar-refractivity contribution >= 4 is 11.6 Å². The van der Waals surface area contributed by atoms with Gasteiger partial charge in [0.15, 0.2) is 5.75 Å². The molecule has 1 fully saturated rings. The fourth-order valence-corrected chi connectivity index (χ4v) is 2.36. The molecular formula is C13H15F3N2O3. The van der Waals surface area contributed by atoms with Gasteiger partial charge in [0.2, 0.25) is 0 Å². The second-order valence-corrected chi connectivity index (χ2v) is 4.78. The number of rotatable bonds is 3. The molecular weight excluding hydrogens is 289 g/mol. The molecule has 2 rings (SSSR count). The van der Waals surface area contributed by atoms with Crippen molar-refractivity contribution < 1.29 is 27.8 Å². The average molecular weight is 304 g/mol. The van der Waals surface area contributed by atoms with Crippen LogP contribution in [0.15, 0.2) is 18.2 Å². The lowest BCUT2D eigenvalue weighted by Gasteiger charge is -2.23. The van der Waals surface area contributed by atoms with E-state index in [1.807, 2.05) is 0 Å². The van der Waals surface area contributed by atoms with Crippen molar-refractivity contribution in [2.75, 3.05) is 18.9 Å². The lowest BCUT2D eigenvalue weighted by atomic mass is 10.1.